The van der Waals surface area contributed by atoms with Gasteiger partial charge in [-0.25, -0.2) is 14.4 Å². The fraction of sp³-hybridized carbons (Fsp3) is 0.810. The molecule has 0 fully saturated rings. The van der Waals surface area contributed by atoms with E-state index in [4.69, 9.17) is 30.6 Å². The Bertz CT molecular complexity index is 1370. The van der Waals surface area contributed by atoms with Crippen molar-refractivity contribution in [3.63, 3.8) is 0 Å². The highest BCUT2D eigenvalue weighted by molar-refractivity contribution is 6.03. The number of benzene rings is 1. The van der Waals surface area contributed by atoms with E-state index in [9.17, 15) is 28.8 Å². The molecule has 0 unspecified atom stereocenters. The molecule has 1 aromatic rings. The van der Waals surface area contributed by atoms with E-state index in [-0.39, 0.29) is 5.56 Å². The Hall–Kier alpha value is -3.96. The Labute approximate surface area is 457 Å². The van der Waals surface area contributed by atoms with Crippen molar-refractivity contribution in [1.82, 2.24) is 0 Å². The molecule has 0 amide bonds. The Morgan fingerprint density at radius 3 is 0.600 bits per heavy atom. The maximum absolute atomic E-state index is 10.6. The van der Waals surface area contributed by atoms with Gasteiger partial charge in [0.1, 0.15) is 0 Å². The minimum absolute atomic E-state index is 0.266. The minimum Gasteiger partial charge on any atom is -0.481 e. The molecule has 438 valence electrons. The van der Waals surface area contributed by atoms with Crippen LogP contribution in [0.25, 0.3) is 0 Å². The number of rotatable bonds is 51. The first-order valence-electron chi connectivity index (χ1n) is 30.7. The molecule has 0 aliphatic heterocycles. The van der Waals surface area contributed by atoms with Crippen molar-refractivity contribution in [3.8, 4) is 0 Å². The molecule has 0 heterocycles. The first-order valence-corrected chi connectivity index (χ1v) is 30.7. The highest BCUT2D eigenvalue weighted by Crippen LogP contribution is 2.17. The molecule has 6 N–H and O–H groups in total. The number of hydrogen-bond donors (Lipinski definition) is 6. The Balaban J connectivity index is -0.000000926. The van der Waals surface area contributed by atoms with Crippen LogP contribution in [0.3, 0.4) is 0 Å². The molecule has 12 heteroatoms. The summed E-state index contributed by atoms with van der Waals surface area (Å²) in [5, 5.41) is 51.4. The average molecular weight is 1060 g/mol. The Morgan fingerprint density at radius 1 is 0.253 bits per heavy atom. The van der Waals surface area contributed by atoms with Gasteiger partial charge < -0.3 is 30.6 Å². The van der Waals surface area contributed by atoms with Crippen LogP contribution in [0.4, 0.5) is 0 Å². The molecular formula is C63H114O12. The van der Waals surface area contributed by atoms with Crippen molar-refractivity contribution in [3.05, 3.63) is 34.9 Å². The number of aliphatic carboxylic acids is 3. The lowest BCUT2D eigenvalue weighted by Crippen LogP contribution is -2.10. The molecule has 1 rings (SSSR count). The first-order chi connectivity index (χ1) is 36.2. The van der Waals surface area contributed by atoms with Gasteiger partial charge >= 0.3 is 35.8 Å². The largest absolute Gasteiger partial charge is 0.481 e. The topological polar surface area (TPSA) is 224 Å². The molecule has 75 heavy (non-hydrogen) atoms. The van der Waals surface area contributed by atoms with Gasteiger partial charge in [-0.1, -0.05) is 290 Å². The molecule has 12 nitrogen and oxygen atoms in total. The number of carboxylic acids is 6. The van der Waals surface area contributed by atoms with Gasteiger partial charge in [-0.05, 0) is 37.5 Å². The zero-order chi connectivity index (χ0) is 56.3. The third-order valence-electron chi connectivity index (χ3n) is 13.7. The highest BCUT2D eigenvalue weighted by atomic mass is 16.4. The van der Waals surface area contributed by atoms with E-state index in [0.29, 0.717) is 19.3 Å². The zero-order valence-corrected chi connectivity index (χ0v) is 48.3. The summed E-state index contributed by atoms with van der Waals surface area (Å²) in [5.74, 6) is -6.16. The van der Waals surface area contributed by atoms with Crippen molar-refractivity contribution in [2.75, 3.05) is 0 Å². The van der Waals surface area contributed by atoms with Crippen LogP contribution in [-0.4, -0.2) is 66.5 Å². The van der Waals surface area contributed by atoms with Crippen LogP contribution in [0.2, 0.25) is 0 Å². The van der Waals surface area contributed by atoms with Gasteiger partial charge in [-0.2, -0.15) is 0 Å². The number of hydrogen-bond acceptors (Lipinski definition) is 6. The molecule has 0 spiro atoms. The summed E-state index contributed by atoms with van der Waals surface area (Å²) in [6.07, 6.45) is 60.6. The van der Waals surface area contributed by atoms with E-state index >= 15 is 0 Å². The summed E-state index contributed by atoms with van der Waals surface area (Å²) < 4.78 is 0. The molecule has 0 radical (unpaired) electrons. The second kappa shape index (κ2) is 60.9. The number of carbonyl (C=O) groups is 6. The molecule has 0 aliphatic rings. The van der Waals surface area contributed by atoms with E-state index in [2.05, 4.69) is 20.8 Å². The fourth-order valence-electron chi connectivity index (χ4n) is 8.98. The molecule has 0 bridgehead atoms. The Kier molecular flexibility index (Phi) is 61.1. The predicted octanol–water partition coefficient (Wildman–Crippen LogP) is 19.8. The third kappa shape index (κ3) is 62.5. The zero-order valence-electron chi connectivity index (χ0n) is 48.3. The van der Waals surface area contributed by atoms with E-state index < -0.39 is 46.9 Å². The molecule has 0 saturated carbocycles. The van der Waals surface area contributed by atoms with E-state index in [1.54, 1.807) is 0 Å². The number of carboxylic acid groups (broad SMARTS) is 6. The van der Waals surface area contributed by atoms with Gasteiger partial charge in [0.05, 0.1) is 16.7 Å². The summed E-state index contributed by atoms with van der Waals surface area (Å²) in [7, 11) is 0. The molecular weight excluding hydrogens is 949 g/mol. The molecule has 0 aliphatic carbocycles. The molecule has 0 saturated heterocycles. The second-order valence-corrected chi connectivity index (χ2v) is 21.0. The smallest absolute Gasteiger partial charge is 0.336 e. The van der Waals surface area contributed by atoms with Gasteiger partial charge in [0.2, 0.25) is 0 Å². The van der Waals surface area contributed by atoms with E-state index in [1.807, 2.05) is 0 Å². The SMILES string of the molecule is CCCCCCCCCCCCCCCCCC(=O)O.CCCCCCCCCCCCCCCCCC(=O)O.CCCCCCCCCCCCCCCCCC(=O)O.O=C(O)c1ccc(C(=O)O)c(C(=O)O)c1. The van der Waals surface area contributed by atoms with Crippen LogP contribution in [0.1, 0.15) is 360 Å². The minimum atomic E-state index is -1.48. The fourth-order valence-corrected chi connectivity index (χ4v) is 8.98. The lowest BCUT2D eigenvalue weighted by molar-refractivity contribution is -0.138. The van der Waals surface area contributed by atoms with Gasteiger partial charge in [-0.3, -0.25) is 14.4 Å². The molecule has 0 aromatic heterocycles. The summed E-state index contributed by atoms with van der Waals surface area (Å²) in [4.78, 5) is 62.8. The first kappa shape index (κ1) is 75.3. The van der Waals surface area contributed by atoms with Crippen molar-refractivity contribution in [2.24, 2.45) is 0 Å². The van der Waals surface area contributed by atoms with Crippen LogP contribution in [0.5, 0.6) is 0 Å². The standard InChI is InChI=1S/3C18H36O2.C9H6O6/c3*1-2-3-4-5-6-7-8-9-10-11-12-13-14-15-16-17-18(19)20;10-7(11)4-1-2-5(8(12)13)6(3-4)9(14)15/h3*2-17H2,1H3,(H,19,20);1-3H,(H,10,11)(H,12,13)(H,14,15). The van der Waals surface area contributed by atoms with Crippen LogP contribution < -0.4 is 0 Å². The normalized spacial score (nSPS) is 10.6. The molecule has 1 aromatic carbocycles. The maximum atomic E-state index is 10.6. The van der Waals surface area contributed by atoms with Gasteiger partial charge in [-0.15, -0.1) is 0 Å². The maximum Gasteiger partial charge on any atom is 0.336 e. The number of unbranched alkanes of at least 4 members (excludes halogenated alkanes) is 42. The van der Waals surface area contributed by atoms with Crippen LogP contribution >= 0.6 is 0 Å². The Morgan fingerprint density at radius 2 is 0.440 bits per heavy atom. The lowest BCUT2D eigenvalue weighted by Gasteiger charge is -2.03. The van der Waals surface area contributed by atoms with Crippen molar-refractivity contribution in [1.29, 1.82) is 0 Å². The van der Waals surface area contributed by atoms with Crippen LogP contribution in [-0.2, 0) is 14.4 Å². The second-order valence-electron chi connectivity index (χ2n) is 21.0. The lowest BCUT2D eigenvalue weighted by atomic mass is 10.0. The summed E-state index contributed by atoms with van der Waals surface area (Å²) in [6.45, 7) is 6.81. The predicted molar refractivity (Wildman–Crippen MR) is 309 cm³/mol. The highest BCUT2D eigenvalue weighted by Gasteiger charge is 2.18. The summed E-state index contributed by atoms with van der Waals surface area (Å²) in [5.41, 5.74) is -1.24. The van der Waals surface area contributed by atoms with Crippen LogP contribution in [0.15, 0.2) is 18.2 Å². The molecule has 0 atom stereocenters. The quantitative estimate of drug-likeness (QED) is 0.0335. The van der Waals surface area contributed by atoms with Crippen molar-refractivity contribution < 1.29 is 59.4 Å². The average Bonchev–Trinajstić information content (AvgIpc) is 3.37. The number of aromatic carboxylic acids is 3. The third-order valence-corrected chi connectivity index (χ3v) is 13.7. The van der Waals surface area contributed by atoms with Crippen molar-refractivity contribution in [2.45, 2.75) is 329 Å². The van der Waals surface area contributed by atoms with Gasteiger partial charge in [0, 0.05) is 19.3 Å². The van der Waals surface area contributed by atoms with Gasteiger partial charge in [0.25, 0.3) is 0 Å². The van der Waals surface area contributed by atoms with Gasteiger partial charge in [0.15, 0.2) is 0 Å². The monoisotopic (exact) mass is 1060 g/mol. The summed E-state index contributed by atoms with van der Waals surface area (Å²) in [6, 6.07) is 2.81. The van der Waals surface area contributed by atoms with Crippen LogP contribution in [0, 0.1) is 0 Å². The van der Waals surface area contributed by atoms with E-state index in [1.165, 1.54) is 250 Å². The summed E-state index contributed by atoms with van der Waals surface area (Å²) >= 11 is 0. The van der Waals surface area contributed by atoms with E-state index in [0.717, 1.165) is 56.7 Å². The van der Waals surface area contributed by atoms with Crippen molar-refractivity contribution >= 4 is 35.8 Å².